The number of fused-ring (bicyclic) bond motifs is 1. The Hall–Kier alpha value is -2.89. The summed E-state index contributed by atoms with van der Waals surface area (Å²) in [6, 6.07) is 11.2. The van der Waals surface area contributed by atoms with Crippen molar-refractivity contribution < 1.29 is 17.9 Å². The number of anilines is 1. The maximum absolute atomic E-state index is 12.5. The van der Waals surface area contributed by atoms with Crippen LogP contribution in [0.1, 0.15) is 0 Å². The number of aromatic nitrogens is 2. The van der Waals surface area contributed by atoms with Crippen LogP contribution in [0.5, 0.6) is 5.75 Å². The summed E-state index contributed by atoms with van der Waals surface area (Å²) in [4.78, 5) is 29.5. The van der Waals surface area contributed by atoms with Crippen molar-refractivity contribution in [2.75, 3.05) is 32.3 Å². The van der Waals surface area contributed by atoms with E-state index < -0.39 is 15.9 Å². The molecule has 11 heteroatoms. The third-order valence-electron chi connectivity index (χ3n) is 4.50. The minimum absolute atomic E-state index is 0.0276. The van der Waals surface area contributed by atoms with Crippen LogP contribution >= 0.6 is 11.8 Å². The topological polar surface area (TPSA) is 111 Å². The lowest BCUT2D eigenvalue weighted by atomic mass is 10.2. The molecule has 0 atom stereocenters. The predicted molar refractivity (Wildman–Crippen MR) is 120 cm³/mol. The summed E-state index contributed by atoms with van der Waals surface area (Å²) in [6.07, 6.45) is 0. The quantitative estimate of drug-likeness (QED) is 0.422. The number of benzene rings is 2. The first-order valence-corrected chi connectivity index (χ1v) is 11.6. The van der Waals surface area contributed by atoms with Gasteiger partial charge in [0.05, 0.1) is 34.3 Å². The number of nitrogens with one attached hydrogen (secondary N) is 1. The van der Waals surface area contributed by atoms with Gasteiger partial charge < -0.3 is 10.1 Å². The lowest BCUT2D eigenvalue weighted by molar-refractivity contribution is -0.113. The number of hydrogen-bond acceptors (Lipinski definition) is 7. The number of carbonyl (C=O) groups is 1. The highest BCUT2D eigenvalue weighted by atomic mass is 32.2. The van der Waals surface area contributed by atoms with Gasteiger partial charge in [0.15, 0.2) is 5.16 Å². The smallest absolute Gasteiger partial charge is 0.261 e. The zero-order valence-electron chi connectivity index (χ0n) is 17.4. The molecule has 3 rings (SSSR count). The fraction of sp³-hybridized carbons (Fsp3) is 0.250. The molecule has 9 nitrogen and oxygen atoms in total. The van der Waals surface area contributed by atoms with Gasteiger partial charge in [0.1, 0.15) is 5.75 Å². The number of amides is 1. The Labute approximate surface area is 184 Å². The largest absolute Gasteiger partial charge is 0.495 e. The van der Waals surface area contributed by atoms with Gasteiger partial charge in [0.25, 0.3) is 5.56 Å². The van der Waals surface area contributed by atoms with E-state index in [1.807, 2.05) is 0 Å². The van der Waals surface area contributed by atoms with E-state index in [4.69, 9.17) is 4.74 Å². The number of para-hydroxylation sites is 1. The fourth-order valence-electron chi connectivity index (χ4n) is 2.80. The molecule has 0 bridgehead atoms. The molecule has 3 aromatic rings. The number of sulfonamides is 1. The number of methoxy groups -OCH3 is 1. The van der Waals surface area contributed by atoms with Crippen molar-refractivity contribution in [1.29, 1.82) is 0 Å². The second-order valence-electron chi connectivity index (χ2n) is 6.76. The van der Waals surface area contributed by atoms with Crippen molar-refractivity contribution in [2.45, 2.75) is 10.1 Å². The number of rotatable bonds is 7. The molecule has 0 unspecified atom stereocenters. The molecule has 164 valence electrons. The molecule has 2 aromatic carbocycles. The van der Waals surface area contributed by atoms with Gasteiger partial charge in [-0.05, 0) is 30.3 Å². The van der Waals surface area contributed by atoms with Gasteiger partial charge in [-0.1, -0.05) is 23.9 Å². The Balaban J connectivity index is 1.81. The number of ether oxygens (including phenoxy) is 1. The third kappa shape index (κ3) is 4.73. The summed E-state index contributed by atoms with van der Waals surface area (Å²) in [5.74, 6) is -0.107. The number of thioether (sulfide) groups is 1. The van der Waals surface area contributed by atoms with Crippen molar-refractivity contribution in [3.63, 3.8) is 0 Å². The van der Waals surface area contributed by atoms with Crippen LogP contribution in [0, 0.1) is 0 Å². The van der Waals surface area contributed by atoms with Crippen molar-refractivity contribution in [3.05, 3.63) is 52.8 Å². The predicted octanol–water partition coefficient (Wildman–Crippen LogP) is 1.92. The highest BCUT2D eigenvalue weighted by Gasteiger charge is 2.20. The zero-order chi connectivity index (χ0) is 22.8. The molecule has 1 heterocycles. The van der Waals surface area contributed by atoms with E-state index >= 15 is 0 Å². The number of carbonyl (C=O) groups excluding carboxylic acids is 1. The molecule has 0 aliphatic heterocycles. The molecule has 1 aromatic heterocycles. The molecule has 0 fully saturated rings. The summed E-state index contributed by atoms with van der Waals surface area (Å²) in [5.41, 5.74) is 0.588. The highest BCUT2D eigenvalue weighted by Crippen LogP contribution is 2.29. The Morgan fingerprint density at radius 1 is 1.23 bits per heavy atom. The van der Waals surface area contributed by atoms with E-state index in [9.17, 15) is 18.0 Å². The van der Waals surface area contributed by atoms with Crippen LogP contribution < -0.4 is 15.6 Å². The van der Waals surface area contributed by atoms with Crippen LogP contribution in [0.3, 0.4) is 0 Å². The normalized spacial score (nSPS) is 11.6. The molecule has 0 saturated carbocycles. The first-order valence-electron chi connectivity index (χ1n) is 9.14. The summed E-state index contributed by atoms with van der Waals surface area (Å²) in [5, 5.41) is 3.57. The minimum atomic E-state index is -3.67. The van der Waals surface area contributed by atoms with Gasteiger partial charge in [-0.2, -0.15) is 0 Å². The van der Waals surface area contributed by atoms with E-state index in [1.54, 1.807) is 31.3 Å². The third-order valence-corrected chi connectivity index (χ3v) is 7.34. The van der Waals surface area contributed by atoms with E-state index in [-0.39, 0.29) is 21.9 Å². The summed E-state index contributed by atoms with van der Waals surface area (Å²) < 4.78 is 32.5. The second-order valence-corrected chi connectivity index (χ2v) is 9.86. The molecule has 0 saturated heterocycles. The van der Waals surface area contributed by atoms with Crippen molar-refractivity contribution in [3.8, 4) is 5.75 Å². The Morgan fingerprint density at radius 3 is 2.61 bits per heavy atom. The molecule has 31 heavy (non-hydrogen) atoms. The molecular formula is C20H22N4O5S2. The summed E-state index contributed by atoms with van der Waals surface area (Å²) in [6.45, 7) is 0. The summed E-state index contributed by atoms with van der Waals surface area (Å²) >= 11 is 1.10. The average molecular weight is 463 g/mol. The minimum Gasteiger partial charge on any atom is -0.495 e. The van der Waals surface area contributed by atoms with E-state index in [2.05, 4.69) is 10.3 Å². The highest BCUT2D eigenvalue weighted by molar-refractivity contribution is 7.99. The zero-order valence-corrected chi connectivity index (χ0v) is 19.1. The number of nitrogens with zero attached hydrogens (tertiary/aromatic N) is 3. The van der Waals surface area contributed by atoms with Gasteiger partial charge in [-0.15, -0.1) is 0 Å². The van der Waals surface area contributed by atoms with E-state index in [1.165, 1.54) is 44.0 Å². The van der Waals surface area contributed by atoms with Gasteiger partial charge in [-0.3, -0.25) is 14.2 Å². The van der Waals surface area contributed by atoms with Gasteiger partial charge in [0, 0.05) is 21.1 Å². The van der Waals surface area contributed by atoms with Gasteiger partial charge in [0.2, 0.25) is 15.9 Å². The monoisotopic (exact) mass is 462 g/mol. The molecular weight excluding hydrogens is 440 g/mol. The standard InChI is InChI=1S/C20H22N4O5S2/c1-23(2)31(27,28)13-9-10-17(29-4)16(11-13)21-18(25)12-30-20-22-15-8-6-5-7-14(15)19(26)24(20)3/h5-11H,12H2,1-4H3,(H,21,25). The Kier molecular flexibility index (Phi) is 6.68. The average Bonchev–Trinajstić information content (AvgIpc) is 2.75. The van der Waals surface area contributed by atoms with E-state index in [0.717, 1.165) is 16.1 Å². The van der Waals surface area contributed by atoms with Crippen molar-refractivity contribution >= 4 is 44.3 Å². The molecule has 1 N–H and O–H groups in total. The van der Waals surface area contributed by atoms with Crippen LogP contribution in [0.25, 0.3) is 10.9 Å². The molecule has 0 aliphatic rings. The molecule has 0 aliphatic carbocycles. The number of hydrogen-bond donors (Lipinski definition) is 1. The maximum atomic E-state index is 12.5. The Bertz CT molecular complexity index is 1300. The lowest BCUT2D eigenvalue weighted by Crippen LogP contribution is -2.23. The maximum Gasteiger partial charge on any atom is 0.261 e. The van der Waals surface area contributed by atoms with Crippen LogP contribution in [0.15, 0.2) is 57.3 Å². The van der Waals surface area contributed by atoms with Crippen molar-refractivity contribution in [1.82, 2.24) is 13.9 Å². The lowest BCUT2D eigenvalue weighted by Gasteiger charge is -2.15. The first-order chi connectivity index (χ1) is 14.6. The first kappa shape index (κ1) is 22.8. The SMILES string of the molecule is COc1ccc(S(=O)(=O)N(C)C)cc1NC(=O)CSc1nc2ccccc2c(=O)n1C. The van der Waals surface area contributed by atoms with Crippen LogP contribution in [-0.4, -0.2) is 55.1 Å². The molecule has 0 spiro atoms. The Morgan fingerprint density at radius 2 is 1.94 bits per heavy atom. The van der Waals surface area contributed by atoms with Crippen LogP contribution in [-0.2, 0) is 21.9 Å². The van der Waals surface area contributed by atoms with Gasteiger partial charge in [-0.25, -0.2) is 17.7 Å². The van der Waals surface area contributed by atoms with Crippen LogP contribution in [0.4, 0.5) is 5.69 Å². The van der Waals surface area contributed by atoms with E-state index in [0.29, 0.717) is 21.8 Å². The fourth-order valence-corrected chi connectivity index (χ4v) is 4.50. The molecule has 0 radical (unpaired) electrons. The van der Waals surface area contributed by atoms with Gasteiger partial charge >= 0.3 is 0 Å². The molecule has 1 amide bonds. The summed E-state index contributed by atoms with van der Waals surface area (Å²) in [7, 11) is 2.20. The van der Waals surface area contributed by atoms with Crippen molar-refractivity contribution in [2.24, 2.45) is 7.05 Å². The van der Waals surface area contributed by atoms with Crippen LogP contribution in [0.2, 0.25) is 0 Å². The second kappa shape index (κ2) is 9.08.